The predicted molar refractivity (Wildman–Crippen MR) is 66.2 cm³/mol. The van der Waals surface area contributed by atoms with Gasteiger partial charge in [-0.05, 0) is 24.6 Å². The van der Waals surface area contributed by atoms with Gasteiger partial charge in [-0.3, -0.25) is 0 Å². The molecule has 0 spiro atoms. The summed E-state index contributed by atoms with van der Waals surface area (Å²) in [6, 6.07) is 14.1. The van der Waals surface area contributed by atoms with Gasteiger partial charge >= 0.3 is 0 Å². The molecule has 1 aliphatic heterocycles. The summed E-state index contributed by atoms with van der Waals surface area (Å²) in [7, 11) is 0. The van der Waals surface area contributed by atoms with Crippen molar-refractivity contribution in [2.45, 2.75) is 13.0 Å². The van der Waals surface area contributed by atoms with E-state index in [9.17, 15) is 8.78 Å². The maximum atomic E-state index is 12.5. The summed E-state index contributed by atoms with van der Waals surface area (Å²) in [4.78, 5) is 0. The fourth-order valence-corrected chi connectivity index (χ4v) is 1.49. The van der Waals surface area contributed by atoms with E-state index in [2.05, 4.69) is 19.1 Å². The molecule has 0 aliphatic carbocycles. The highest BCUT2D eigenvalue weighted by atomic mass is 19.2. The molecule has 0 saturated carbocycles. The Morgan fingerprint density at radius 3 is 2.11 bits per heavy atom. The van der Waals surface area contributed by atoms with E-state index in [-0.39, 0.29) is 6.10 Å². The molecular weight excluding hydrogens is 234 g/mol. The molecule has 94 valence electrons. The summed E-state index contributed by atoms with van der Waals surface area (Å²) in [5.74, 6) is -1.62. The predicted octanol–water partition coefficient (Wildman–Crippen LogP) is 4.03. The lowest BCUT2D eigenvalue weighted by molar-refractivity contribution is 0.413. The van der Waals surface area contributed by atoms with Gasteiger partial charge < -0.3 is 4.74 Å². The van der Waals surface area contributed by atoms with Crippen molar-refractivity contribution in [3.8, 4) is 0 Å². The largest absolute Gasteiger partial charge is 0.368 e. The highest BCUT2D eigenvalue weighted by Crippen LogP contribution is 2.30. The van der Waals surface area contributed by atoms with Crippen molar-refractivity contribution in [2.75, 3.05) is 6.61 Å². The Balaban J connectivity index is 0.000000149. The third kappa shape index (κ3) is 3.64. The molecule has 1 saturated heterocycles. The molecule has 0 bridgehead atoms. The second-order valence-corrected chi connectivity index (χ2v) is 4.15. The van der Waals surface area contributed by atoms with Crippen molar-refractivity contribution in [3.63, 3.8) is 0 Å². The highest BCUT2D eigenvalue weighted by molar-refractivity contribution is 5.22. The second-order valence-electron chi connectivity index (χ2n) is 4.15. The molecule has 0 unspecified atom stereocenters. The molecule has 3 rings (SSSR count). The molecule has 1 nitrogen and oxygen atoms in total. The molecule has 1 aliphatic rings. The molecular formula is C15H14F2O. The van der Waals surface area contributed by atoms with Crippen molar-refractivity contribution < 1.29 is 13.5 Å². The minimum Gasteiger partial charge on any atom is -0.368 e. The van der Waals surface area contributed by atoms with E-state index < -0.39 is 11.6 Å². The number of rotatable bonds is 1. The third-order valence-electron chi connectivity index (χ3n) is 2.59. The number of halogens is 2. The molecule has 0 N–H and O–H groups in total. The van der Waals surface area contributed by atoms with Crippen molar-refractivity contribution in [2.24, 2.45) is 0 Å². The minimum atomic E-state index is -0.811. The van der Waals surface area contributed by atoms with E-state index in [1.807, 2.05) is 18.2 Å². The Bertz CT molecular complexity index is 507. The Hall–Kier alpha value is -1.74. The van der Waals surface area contributed by atoms with Gasteiger partial charge in [0.05, 0.1) is 6.61 Å². The van der Waals surface area contributed by atoms with Gasteiger partial charge in [0.25, 0.3) is 0 Å². The summed E-state index contributed by atoms with van der Waals surface area (Å²) < 4.78 is 29.8. The zero-order valence-corrected chi connectivity index (χ0v) is 10.1. The zero-order chi connectivity index (χ0) is 13.0. The number of ether oxygens (including phenoxy) is 1. The molecule has 0 aromatic heterocycles. The average molecular weight is 248 g/mol. The van der Waals surface area contributed by atoms with E-state index in [0.717, 1.165) is 6.07 Å². The lowest BCUT2D eigenvalue weighted by Crippen LogP contribution is -1.86. The Morgan fingerprint density at radius 1 is 1.00 bits per heavy atom. The fourth-order valence-electron chi connectivity index (χ4n) is 1.49. The van der Waals surface area contributed by atoms with Crippen molar-refractivity contribution in [1.82, 2.24) is 0 Å². The summed E-state index contributed by atoms with van der Waals surface area (Å²) >= 11 is 0. The number of epoxide rings is 1. The Morgan fingerprint density at radius 2 is 1.67 bits per heavy atom. The topological polar surface area (TPSA) is 12.5 Å². The van der Waals surface area contributed by atoms with Gasteiger partial charge in [0.2, 0.25) is 0 Å². The van der Waals surface area contributed by atoms with Crippen LogP contribution < -0.4 is 0 Å². The summed E-state index contributed by atoms with van der Waals surface area (Å²) in [5, 5.41) is 0. The maximum absolute atomic E-state index is 12.5. The van der Waals surface area contributed by atoms with Gasteiger partial charge in [-0.15, -0.1) is 0 Å². The molecule has 1 atom stereocenters. The quantitative estimate of drug-likeness (QED) is 0.694. The number of benzene rings is 2. The molecule has 3 heteroatoms. The monoisotopic (exact) mass is 248 g/mol. The summed E-state index contributed by atoms with van der Waals surface area (Å²) in [6.45, 7) is 2.70. The number of hydrogen-bond acceptors (Lipinski definition) is 1. The first-order valence-electron chi connectivity index (χ1n) is 5.75. The summed E-state index contributed by atoms with van der Waals surface area (Å²) in [6.07, 6.45) is -0.00917. The zero-order valence-electron chi connectivity index (χ0n) is 10.1. The van der Waals surface area contributed by atoms with Crippen LogP contribution in [0.25, 0.3) is 0 Å². The standard InChI is InChI=1S/C8H6F2O.C7H8/c9-6-2-1-5(3-7(6)10)8-4-11-8;1-7-5-3-2-4-6-7/h1-3,8H,4H2;2-6H,1H3/t8-;/m1./s1. The van der Waals surface area contributed by atoms with Crippen LogP contribution in [-0.2, 0) is 4.74 Å². The van der Waals surface area contributed by atoms with E-state index in [1.165, 1.54) is 17.7 Å². The fraction of sp³-hybridized carbons (Fsp3) is 0.200. The molecule has 0 radical (unpaired) electrons. The van der Waals surface area contributed by atoms with E-state index in [1.54, 1.807) is 0 Å². The third-order valence-corrected chi connectivity index (χ3v) is 2.59. The van der Waals surface area contributed by atoms with Gasteiger partial charge in [0.15, 0.2) is 11.6 Å². The lowest BCUT2D eigenvalue weighted by Gasteiger charge is -1.95. The van der Waals surface area contributed by atoms with Crippen LogP contribution in [0, 0.1) is 18.6 Å². The van der Waals surface area contributed by atoms with Crippen molar-refractivity contribution >= 4 is 0 Å². The van der Waals surface area contributed by atoms with Crippen LogP contribution in [0.1, 0.15) is 17.2 Å². The first-order chi connectivity index (χ1) is 8.66. The van der Waals surface area contributed by atoms with E-state index >= 15 is 0 Å². The van der Waals surface area contributed by atoms with Gasteiger partial charge in [0.1, 0.15) is 6.10 Å². The van der Waals surface area contributed by atoms with Crippen LogP contribution in [0.15, 0.2) is 48.5 Å². The number of hydrogen-bond donors (Lipinski definition) is 0. The van der Waals surface area contributed by atoms with Crippen LogP contribution in [-0.4, -0.2) is 6.61 Å². The van der Waals surface area contributed by atoms with E-state index in [4.69, 9.17) is 4.74 Å². The van der Waals surface area contributed by atoms with Crippen molar-refractivity contribution in [3.05, 3.63) is 71.3 Å². The SMILES string of the molecule is Cc1ccccc1.Fc1ccc([C@H]2CO2)cc1F. The normalized spacial score (nSPS) is 16.7. The average Bonchev–Trinajstić information content (AvgIpc) is 3.19. The Labute approximate surface area is 105 Å². The molecule has 18 heavy (non-hydrogen) atoms. The van der Waals surface area contributed by atoms with E-state index in [0.29, 0.717) is 12.2 Å². The van der Waals surface area contributed by atoms with Gasteiger partial charge in [-0.25, -0.2) is 8.78 Å². The molecule has 1 fully saturated rings. The number of aryl methyl sites for hydroxylation is 1. The smallest absolute Gasteiger partial charge is 0.159 e. The molecule has 2 aromatic rings. The van der Waals surface area contributed by atoms with Crippen LogP contribution in [0.3, 0.4) is 0 Å². The van der Waals surface area contributed by atoms with Crippen molar-refractivity contribution in [1.29, 1.82) is 0 Å². The van der Waals surface area contributed by atoms with Crippen LogP contribution in [0.2, 0.25) is 0 Å². The first kappa shape index (κ1) is 12.7. The van der Waals surface area contributed by atoms with Crippen LogP contribution in [0.5, 0.6) is 0 Å². The Kier molecular flexibility index (Phi) is 4.05. The van der Waals surface area contributed by atoms with Gasteiger partial charge in [-0.1, -0.05) is 42.0 Å². The molecule has 1 heterocycles. The summed E-state index contributed by atoms with van der Waals surface area (Å²) in [5.41, 5.74) is 2.03. The second kappa shape index (κ2) is 5.74. The maximum Gasteiger partial charge on any atom is 0.159 e. The van der Waals surface area contributed by atoms with Crippen LogP contribution >= 0.6 is 0 Å². The van der Waals surface area contributed by atoms with Gasteiger partial charge in [-0.2, -0.15) is 0 Å². The lowest BCUT2D eigenvalue weighted by atomic mass is 10.1. The molecule has 2 aromatic carbocycles. The minimum absolute atomic E-state index is 0.00917. The first-order valence-corrected chi connectivity index (χ1v) is 5.75. The van der Waals surface area contributed by atoms with Gasteiger partial charge in [0, 0.05) is 0 Å². The highest BCUT2D eigenvalue weighted by Gasteiger charge is 2.25. The molecule has 0 amide bonds. The van der Waals surface area contributed by atoms with Crippen LogP contribution in [0.4, 0.5) is 8.78 Å².